The molecule has 0 radical (unpaired) electrons. The van der Waals surface area contributed by atoms with Crippen molar-refractivity contribution in [2.24, 2.45) is 0 Å². The zero-order chi connectivity index (χ0) is 12.4. The smallest absolute Gasteiger partial charge is 0.196 e. The molecule has 1 aromatic heterocycles. The highest BCUT2D eigenvalue weighted by Crippen LogP contribution is 2.18. The lowest BCUT2D eigenvalue weighted by Gasteiger charge is -2.05. The Morgan fingerprint density at radius 2 is 2.12 bits per heavy atom. The van der Waals surface area contributed by atoms with Crippen LogP contribution in [-0.2, 0) is 0 Å². The number of carbonyl (C=O) groups is 1. The molecule has 0 saturated carbocycles. The predicted octanol–water partition coefficient (Wildman–Crippen LogP) is 2.86. The number of hydrogen-bond acceptors (Lipinski definition) is 3. The van der Waals surface area contributed by atoms with E-state index in [2.05, 4.69) is 4.98 Å². The number of aryl methyl sites for hydroxylation is 1. The van der Waals surface area contributed by atoms with Crippen LogP contribution in [0.2, 0.25) is 5.02 Å². The van der Waals surface area contributed by atoms with E-state index in [1.807, 2.05) is 6.92 Å². The summed E-state index contributed by atoms with van der Waals surface area (Å²) in [6.45, 7) is 1.86. The molecule has 0 aliphatic heterocycles. The first kappa shape index (κ1) is 11.6. The lowest BCUT2D eigenvalue weighted by Crippen LogP contribution is -2.07. The Kier molecular flexibility index (Phi) is 3.11. The molecule has 0 amide bonds. The number of nitrogens with two attached hydrogens (primary N) is 1. The van der Waals surface area contributed by atoms with Crippen LogP contribution in [0.5, 0.6) is 0 Å². The van der Waals surface area contributed by atoms with Crippen molar-refractivity contribution in [2.75, 3.05) is 5.73 Å². The second-order valence-corrected chi connectivity index (χ2v) is 4.22. The number of aromatic nitrogens is 1. The second kappa shape index (κ2) is 4.55. The lowest BCUT2D eigenvalue weighted by molar-refractivity contribution is 0.103. The Bertz CT molecular complexity index is 581. The fraction of sp³-hybridized carbons (Fsp3) is 0.0769. The minimum absolute atomic E-state index is 0.166. The van der Waals surface area contributed by atoms with E-state index >= 15 is 0 Å². The van der Waals surface area contributed by atoms with Crippen molar-refractivity contribution in [2.45, 2.75) is 6.92 Å². The van der Waals surface area contributed by atoms with Crippen LogP contribution in [0.15, 0.2) is 36.5 Å². The summed E-state index contributed by atoms with van der Waals surface area (Å²) in [7, 11) is 0. The Labute approximate surface area is 104 Å². The normalized spacial score (nSPS) is 10.2. The van der Waals surface area contributed by atoms with Crippen LogP contribution < -0.4 is 5.73 Å². The molecule has 2 aromatic rings. The maximum absolute atomic E-state index is 12.2. The Hall–Kier alpha value is -1.87. The van der Waals surface area contributed by atoms with E-state index in [0.717, 1.165) is 5.56 Å². The Morgan fingerprint density at radius 3 is 2.82 bits per heavy atom. The minimum atomic E-state index is -0.166. The molecule has 0 aliphatic carbocycles. The van der Waals surface area contributed by atoms with Gasteiger partial charge in [0.1, 0.15) is 5.82 Å². The van der Waals surface area contributed by atoms with E-state index in [-0.39, 0.29) is 11.6 Å². The number of nitrogen functional groups attached to an aromatic ring is 1. The molecule has 0 bridgehead atoms. The van der Waals surface area contributed by atoms with Gasteiger partial charge in [0.15, 0.2) is 5.78 Å². The molecule has 0 saturated heterocycles. The molecule has 0 fully saturated rings. The van der Waals surface area contributed by atoms with Crippen LogP contribution in [0, 0.1) is 6.92 Å². The summed E-state index contributed by atoms with van der Waals surface area (Å²) in [6, 6.07) is 8.50. The summed E-state index contributed by atoms with van der Waals surface area (Å²) in [4.78, 5) is 16.2. The average molecular weight is 247 g/mol. The Balaban J connectivity index is 2.47. The number of hydrogen-bond donors (Lipinski definition) is 1. The van der Waals surface area contributed by atoms with Crippen molar-refractivity contribution in [1.82, 2.24) is 4.98 Å². The molecule has 86 valence electrons. The highest BCUT2D eigenvalue weighted by atomic mass is 35.5. The van der Waals surface area contributed by atoms with Crippen molar-refractivity contribution >= 4 is 23.2 Å². The number of halogens is 1. The number of anilines is 1. The van der Waals surface area contributed by atoms with Crippen molar-refractivity contribution in [3.05, 3.63) is 58.2 Å². The summed E-state index contributed by atoms with van der Waals surface area (Å²) < 4.78 is 0. The van der Waals surface area contributed by atoms with Gasteiger partial charge in [0.25, 0.3) is 0 Å². The maximum atomic E-state index is 12.2. The van der Waals surface area contributed by atoms with Gasteiger partial charge in [-0.25, -0.2) is 4.98 Å². The highest BCUT2D eigenvalue weighted by molar-refractivity contribution is 6.31. The molecular formula is C13H11ClN2O. The first-order valence-electron chi connectivity index (χ1n) is 5.10. The quantitative estimate of drug-likeness (QED) is 0.829. The molecule has 17 heavy (non-hydrogen) atoms. The number of nitrogens with zero attached hydrogens (tertiary/aromatic N) is 1. The van der Waals surface area contributed by atoms with Crippen LogP contribution in [0.4, 0.5) is 5.82 Å². The Morgan fingerprint density at radius 1 is 1.35 bits per heavy atom. The molecule has 1 aromatic carbocycles. The molecule has 1 heterocycles. The zero-order valence-corrected chi connectivity index (χ0v) is 10.0. The van der Waals surface area contributed by atoms with Gasteiger partial charge in [0.05, 0.1) is 5.56 Å². The summed E-state index contributed by atoms with van der Waals surface area (Å²) in [5.41, 5.74) is 7.51. The topological polar surface area (TPSA) is 56.0 Å². The van der Waals surface area contributed by atoms with Gasteiger partial charge in [-0.3, -0.25) is 4.79 Å². The average Bonchev–Trinajstić information content (AvgIpc) is 2.31. The standard InChI is InChI=1S/C13H11ClN2O/c1-8-5-11(13(15)16-7-8)12(17)9-3-2-4-10(14)6-9/h2-7H,1H3,(H2,15,16). The van der Waals surface area contributed by atoms with E-state index < -0.39 is 0 Å². The summed E-state index contributed by atoms with van der Waals surface area (Å²) in [6.07, 6.45) is 1.63. The van der Waals surface area contributed by atoms with E-state index in [9.17, 15) is 4.79 Å². The van der Waals surface area contributed by atoms with Crippen molar-refractivity contribution in [3.8, 4) is 0 Å². The van der Waals surface area contributed by atoms with Crippen LogP contribution in [0.3, 0.4) is 0 Å². The minimum Gasteiger partial charge on any atom is -0.383 e. The molecule has 2 N–H and O–H groups in total. The van der Waals surface area contributed by atoms with Gasteiger partial charge in [-0.15, -0.1) is 0 Å². The van der Waals surface area contributed by atoms with Gasteiger partial charge in [-0.2, -0.15) is 0 Å². The van der Waals surface area contributed by atoms with Gasteiger partial charge in [-0.05, 0) is 30.7 Å². The van der Waals surface area contributed by atoms with Gasteiger partial charge < -0.3 is 5.73 Å². The van der Waals surface area contributed by atoms with Gasteiger partial charge in [0.2, 0.25) is 0 Å². The molecule has 2 rings (SSSR count). The molecule has 0 spiro atoms. The second-order valence-electron chi connectivity index (χ2n) is 3.78. The molecular weight excluding hydrogens is 236 g/mol. The van der Waals surface area contributed by atoms with E-state index in [1.165, 1.54) is 0 Å². The molecule has 0 unspecified atom stereocenters. The summed E-state index contributed by atoms with van der Waals surface area (Å²) in [5.74, 6) is 0.0711. The van der Waals surface area contributed by atoms with E-state index in [1.54, 1.807) is 36.5 Å². The SMILES string of the molecule is Cc1cnc(N)c(C(=O)c2cccc(Cl)c2)c1. The fourth-order valence-electron chi connectivity index (χ4n) is 1.55. The summed E-state index contributed by atoms with van der Waals surface area (Å²) in [5, 5.41) is 0.523. The van der Waals surface area contributed by atoms with Crippen molar-refractivity contribution in [3.63, 3.8) is 0 Å². The van der Waals surface area contributed by atoms with E-state index in [0.29, 0.717) is 16.1 Å². The fourth-order valence-corrected chi connectivity index (χ4v) is 1.74. The third kappa shape index (κ3) is 2.45. The van der Waals surface area contributed by atoms with Crippen molar-refractivity contribution in [1.29, 1.82) is 0 Å². The summed E-state index contributed by atoms with van der Waals surface area (Å²) >= 11 is 5.85. The lowest BCUT2D eigenvalue weighted by atomic mass is 10.0. The van der Waals surface area contributed by atoms with Crippen LogP contribution >= 0.6 is 11.6 Å². The number of ketones is 1. The maximum Gasteiger partial charge on any atom is 0.196 e. The van der Waals surface area contributed by atoms with E-state index in [4.69, 9.17) is 17.3 Å². The number of carbonyl (C=O) groups excluding carboxylic acids is 1. The highest BCUT2D eigenvalue weighted by Gasteiger charge is 2.13. The van der Waals surface area contributed by atoms with Crippen LogP contribution in [-0.4, -0.2) is 10.8 Å². The first-order chi connectivity index (χ1) is 8.08. The number of rotatable bonds is 2. The van der Waals surface area contributed by atoms with Gasteiger partial charge >= 0.3 is 0 Å². The molecule has 3 nitrogen and oxygen atoms in total. The molecule has 0 atom stereocenters. The zero-order valence-electron chi connectivity index (χ0n) is 9.27. The number of benzene rings is 1. The monoisotopic (exact) mass is 246 g/mol. The molecule has 4 heteroatoms. The van der Waals surface area contributed by atoms with Gasteiger partial charge in [0, 0.05) is 16.8 Å². The predicted molar refractivity (Wildman–Crippen MR) is 68.3 cm³/mol. The number of pyridine rings is 1. The van der Waals surface area contributed by atoms with Crippen LogP contribution in [0.25, 0.3) is 0 Å². The third-order valence-electron chi connectivity index (χ3n) is 2.39. The largest absolute Gasteiger partial charge is 0.383 e. The first-order valence-corrected chi connectivity index (χ1v) is 5.48. The van der Waals surface area contributed by atoms with Crippen molar-refractivity contribution < 1.29 is 4.79 Å². The van der Waals surface area contributed by atoms with Gasteiger partial charge in [-0.1, -0.05) is 23.7 Å². The van der Waals surface area contributed by atoms with Crippen LogP contribution in [0.1, 0.15) is 21.5 Å². The molecule has 0 aliphatic rings. The third-order valence-corrected chi connectivity index (χ3v) is 2.62.